The summed E-state index contributed by atoms with van der Waals surface area (Å²) in [6, 6.07) is 4.16. The van der Waals surface area contributed by atoms with Crippen molar-refractivity contribution in [3.8, 4) is 5.75 Å². The van der Waals surface area contributed by atoms with Gasteiger partial charge in [0.2, 0.25) is 0 Å². The van der Waals surface area contributed by atoms with E-state index in [4.69, 9.17) is 4.74 Å². The highest BCUT2D eigenvalue weighted by molar-refractivity contribution is 5.92. The van der Waals surface area contributed by atoms with E-state index in [9.17, 15) is 41.3 Å². The largest absolute Gasteiger partial charge is 0.484 e. The van der Waals surface area contributed by atoms with Crippen LogP contribution in [0.25, 0.3) is 0 Å². The van der Waals surface area contributed by atoms with Gasteiger partial charge in [0, 0.05) is 17.8 Å². The van der Waals surface area contributed by atoms with Crippen LogP contribution >= 0.6 is 0 Å². The van der Waals surface area contributed by atoms with Gasteiger partial charge in [-0.15, -0.1) is 0 Å². The van der Waals surface area contributed by atoms with Crippen LogP contribution in [0.5, 0.6) is 5.75 Å². The van der Waals surface area contributed by atoms with Crippen molar-refractivity contribution in [2.45, 2.75) is 19.3 Å². The zero-order chi connectivity index (χ0) is 22.0. The molecule has 12 heteroatoms. The Balaban J connectivity index is 2.14. The number of rotatable bonds is 5. The maximum absolute atomic E-state index is 12.8. The molecule has 0 aliphatic carbocycles. The van der Waals surface area contributed by atoms with Crippen molar-refractivity contribution in [3.63, 3.8) is 0 Å². The van der Waals surface area contributed by atoms with E-state index in [0.717, 1.165) is 6.07 Å². The molecule has 2 aromatic rings. The third-order valence-corrected chi connectivity index (χ3v) is 3.63. The quantitative estimate of drug-likeness (QED) is 0.420. The topological polar surface area (TPSA) is 81.5 Å². The fourth-order valence-corrected chi connectivity index (χ4v) is 2.25. The summed E-state index contributed by atoms with van der Waals surface area (Å²) >= 11 is 0. The molecule has 0 radical (unpaired) electrons. The molecular formula is C17H12F6N2O4. The van der Waals surface area contributed by atoms with Crippen LogP contribution in [0.1, 0.15) is 16.7 Å². The highest BCUT2D eigenvalue weighted by Crippen LogP contribution is 2.38. The predicted octanol–water partition coefficient (Wildman–Crippen LogP) is 4.96. The highest BCUT2D eigenvalue weighted by atomic mass is 19.4. The van der Waals surface area contributed by atoms with E-state index in [1.54, 1.807) is 0 Å². The molecule has 2 aromatic carbocycles. The minimum atomic E-state index is -5.04. The SMILES string of the molecule is Cc1cc([N+](=O)[O-])ccc1NC(=O)COc1cc(C(F)(F)F)cc(C(F)(F)F)c1. The summed E-state index contributed by atoms with van der Waals surface area (Å²) in [6.07, 6.45) is -10.1. The number of nitrogens with one attached hydrogen (secondary N) is 1. The second kappa shape index (κ2) is 7.97. The molecule has 0 saturated carbocycles. The number of aryl methyl sites for hydroxylation is 1. The Morgan fingerprint density at radius 3 is 2.03 bits per heavy atom. The van der Waals surface area contributed by atoms with E-state index in [1.165, 1.54) is 19.1 Å². The molecule has 0 bridgehead atoms. The van der Waals surface area contributed by atoms with Gasteiger partial charge in [-0.05, 0) is 36.8 Å². The molecule has 0 saturated heterocycles. The summed E-state index contributed by atoms with van der Waals surface area (Å²) in [6.45, 7) is 0.584. The van der Waals surface area contributed by atoms with Gasteiger partial charge in [0.25, 0.3) is 11.6 Å². The second-order valence-corrected chi connectivity index (χ2v) is 5.83. The predicted molar refractivity (Wildman–Crippen MR) is 88.4 cm³/mol. The number of hydrogen-bond acceptors (Lipinski definition) is 4. The van der Waals surface area contributed by atoms with E-state index >= 15 is 0 Å². The number of ether oxygens (including phenoxy) is 1. The zero-order valence-corrected chi connectivity index (χ0v) is 14.5. The fourth-order valence-electron chi connectivity index (χ4n) is 2.25. The van der Waals surface area contributed by atoms with Gasteiger partial charge in [0.05, 0.1) is 16.1 Å². The molecule has 0 aliphatic rings. The number of halogens is 6. The highest BCUT2D eigenvalue weighted by Gasteiger charge is 2.37. The molecule has 0 aliphatic heterocycles. The number of hydrogen-bond donors (Lipinski definition) is 1. The number of benzene rings is 2. The number of anilines is 1. The Kier molecular flexibility index (Phi) is 6.04. The van der Waals surface area contributed by atoms with Crippen molar-refractivity contribution in [1.29, 1.82) is 0 Å². The molecule has 29 heavy (non-hydrogen) atoms. The number of alkyl halides is 6. The molecule has 6 nitrogen and oxygen atoms in total. The summed E-state index contributed by atoms with van der Waals surface area (Å²) in [5.41, 5.74) is -2.88. The van der Waals surface area contributed by atoms with Crippen LogP contribution in [0.4, 0.5) is 37.7 Å². The van der Waals surface area contributed by atoms with E-state index in [2.05, 4.69) is 5.32 Å². The molecule has 2 rings (SSSR count). The van der Waals surface area contributed by atoms with E-state index in [0.29, 0.717) is 17.7 Å². The lowest BCUT2D eigenvalue weighted by atomic mass is 10.1. The van der Waals surface area contributed by atoms with Crippen LogP contribution in [0.15, 0.2) is 36.4 Å². The van der Waals surface area contributed by atoms with Crippen molar-refractivity contribution in [3.05, 3.63) is 63.2 Å². The normalized spacial score (nSPS) is 11.8. The maximum Gasteiger partial charge on any atom is 0.416 e. The first kappa shape index (κ1) is 22.0. The summed E-state index contributed by atoms with van der Waals surface area (Å²) in [4.78, 5) is 21.9. The lowest BCUT2D eigenvalue weighted by Gasteiger charge is -2.15. The first-order valence-electron chi connectivity index (χ1n) is 7.74. The van der Waals surface area contributed by atoms with Crippen LogP contribution in [-0.4, -0.2) is 17.4 Å². The number of nitro groups is 1. The van der Waals surface area contributed by atoms with Crippen molar-refractivity contribution in [1.82, 2.24) is 0 Å². The number of nitrogens with zero attached hydrogens (tertiary/aromatic N) is 1. The number of amides is 1. The van der Waals surface area contributed by atoms with E-state index < -0.39 is 46.7 Å². The van der Waals surface area contributed by atoms with Crippen LogP contribution in [0.2, 0.25) is 0 Å². The standard InChI is InChI=1S/C17H12F6N2O4/c1-9-4-12(25(27)28)2-3-14(9)24-15(26)8-29-13-6-10(16(18,19)20)5-11(7-13)17(21,22)23/h2-7H,8H2,1H3,(H,24,26). The van der Waals surface area contributed by atoms with E-state index in [1.807, 2.05) is 0 Å². The van der Waals surface area contributed by atoms with Gasteiger partial charge in [-0.3, -0.25) is 14.9 Å². The van der Waals surface area contributed by atoms with Gasteiger partial charge in [-0.1, -0.05) is 0 Å². The summed E-state index contributed by atoms with van der Waals surface area (Å²) in [5, 5.41) is 13.0. The Labute approximate surface area is 159 Å². The first-order valence-corrected chi connectivity index (χ1v) is 7.74. The molecule has 1 amide bonds. The Bertz CT molecular complexity index is 908. The Morgan fingerprint density at radius 1 is 1.03 bits per heavy atom. The minimum Gasteiger partial charge on any atom is -0.484 e. The van der Waals surface area contributed by atoms with Gasteiger partial charge in [-0.25, -0.2) is 0 Å². The van der Waals surface area contributed by atoms with Gasteiger partial charge >= 0.3 is 12.4 Å². The number of carbonyl (C=O) groups excluding carboxylic acids is 1. The van der Waals surface area contributed by atoms with Crippen LogP contribution in [0, 0.1) is 17.0 Å². The van der Waals surface area contributed by atoms with E-state index in [-0.39, 0.29) is 17.4 Å². The van der Waals surface area contributed by atoms with Gasteiger partial charge in [0.15, 0.2) is 6.61 Å². The van der Waals surface area contributed by atoms with Crippen LogP contribution < -0.4 is 10.1 Å². The molecule has 0 heterocycles. The monoisotopic (exact) mass is 422 g/mol. The molecule has 0 unspecified atom stereocenters. The van der Waals surface area contributed by atoms with Crippen LogP contribution in [0.3, 0.4) is 0 Å². The number of non-ortho nitro benzene ring substituents is 1. The lowest BCUT2D eigenvalue weighted by molar-refractivity contribution is -0.384. The summed E-state index contributed by atoms with van der Waals surface area (Å²) < 4.78 is 81.6. The Hall–Kier alpha value is -3.31. The van der Waals surface area contributed by atoms with Crippen molar-refractivity contribution in [2.75, 3.05) is 11.9 Å². The van der Waals surface area contributed by atoms with Gasteiger partial charge < -0.3 is 10.1 Å². The average molecular weight is 422 g/mol. The number of nitro benzene ring substituents is 1. The zero-order valence-electron chi connectivity index (χ0n) is 14.5. The second-order valence-electron chi connectivity index (χ2n) is 5.83. The van der Waals surface area contributed by atoms with Gasteiger partial charge in [0.1, 0.15) is 5.75 Å². The Morgan fingerprint density at radius 2 is 1.59 bits per heavy atom. The molecule has 0 fully saturated rings. The number of carbonyl (C=O) groups is 1. The lowest BCUT2D eigenvalue weighted by Crippen LogP contribution is -2.21. The molecule has 156 valence electrons. The average Bonchev–Trinajstić information content (AvgIpc) is 2.59. The summed E-state index contributed by atoms with van der Waals surface area (Å²) in [5.74, 6) is -1.67. The summed E-state index contributed by atoms with van der Waals surface area (Å²) in [7, 11) is 0. The molecule has 0 atom stereocenters. The smallest absolute Gasteiger partial charge is 0.416 e. The third kappa shape index (κ3) is 5.83. The molecule has 0 spiro atoms. The van der Waals surface area contributed by atoms with Crippen molar-refractivity contribution >= 4 is 17.3 Å². The maximum atomic E-state index is 12.8. The molecular weight excluding hydrogens is 410 g/mol. The van der Waals surface area contributed by atoms with Gasteiger partial charge in [-0.2, -0.15) is 26.3 Å². The van der Waals surface area contributed by atoms with Crippen LogP contribution in [-0.2, 0) is 17.1 Å². The van der Waals surface area contributed by atoms with Crippen molar-refractivity contribution in [2.24, 2.45) is 0 Å². The minimum absolute atomic E-state index is 0.0623. The molecule has 1 N–H and O–H groups in total. The van der Waals surface area contributed by atoms with Crippen molar-refractivity contribution < 1.29 is 40.8 Å². The fraction of sp³-hybridized carbons (Fsp3) is 0.235. The molecule has 0 aromatic heterocycles. The third-order valence-electron chi connectivity index (χ3n) is 3.63. The first-order chi connectivity index (χ1) is 13.3.